The summed E-state index contributed by atoms with van der Waals surface area (Å²) in [5, 5.41) is 6.17. The van der Waals surface area contributed by atoms with Crippen molar-refractivity contribution in [2.75, 3.05) is 52.9 Å². The summed E-state index contributed by atoms with van der Waals surface area (Å²) in [7, 11) is 4.85. The average Bonchev–Trinajstić information content (AvgIpc) is 2.67. The van der Waals surface area contributed by atoms with Crippen molar-refractivity contribution in [3.8, 4) is 5.75 Å². The van der Waals surface area contributed by atoms with Gasteiger partial charge >= 0.3 is 0 Å². The Labute approximate surface area is 166 Å². The van der Waals surface area contributed by atoms with Crippen LogP contribution in [0.2, 0.25) is 0 Å². The van der Waals surface area contributed by atoms with E-state index in [9.17, 15) is 9.59 Å². The molecule has 0 saturated carbocycles. The predicted octanol–water partition coefficient (Wildman–Crippen LogP) is 1.37. The van der Waals surface area contributed by atoms with Gasteiger partial charge in [0, 0.05) is 46.1 Å². The maximum Gasteiger partial charge on any atom is 0.257 e. The SMILES string of the molecule is COCC(=O)Nc1ccc2c(c1)C(=O)N(C)C[C@H](OC)[C@@H](C)CN[C@@H](C)CO2. The van der Waals surface area contributed by atoms with Gasteiger partial charge in [-0.25, -0.2) is 0 Å². The van der Waals surface area contributed by atoms with Crippen LogP contribution in [0.25, 0.3) is 0 Å². The summed E-state index contributed by atoms with van der Waals surface area (Å²) >= 11 is 0. The fourth-order valence-corrected chi connectivity index (χ4v) is 3.07. The number of nitrogens with one attached hydrogen (secondary N) is 2. The van der Waals surface area contributed by atoms with Crippen LogP contribution in [-0.4, -0.2) is 76.4 Å². The van der Waals surface area contributed by atoms with E-state index < -0.39 is 0 Å². The van der Waals surface area contributed by atoms with Gasteiger partial charge in [-0.15, -0.1) is 0 Å². The largest absolute Gasteiger partial charge is 0.491 e. The lowest BCUT2D eigenvalue weighted by Gasteiger charge is -2.30. The Morgan fingerprint density at radius 1 is 1.36 bits per heavy atom. The quantitative estimate of drug-likeness (QED) is 0.803. The highest BCUT2D eigenvalue weighted by Crippen LogP contribution is 2.25. The first kappa shape index (κ1) is 22.1. The minimum atomic E-state index is -0.289. The van der Waals surface area contributed by atoms with Crippen molar-refractivity contribution >= 4 is 17.5 Å². The van der Waals surface area contributed by atoms with E-state index in [-0.39, 0.29) is 36.5 Å². The second kappa shape index (κ2) is 10.4. The van der Waals surface area contributed by atoms with Crippen LogP contribution in [-0.2, 0) is 14.3 Å². The molecule has 2 rings (SSSR count). The second-order valence-corrected chi connectivity index (χ2v) is 7.25. The van der Waals surface area contributed by atoms with Crippen molar-refractivity contribution in [1.29, 1.82) is 0 Å². The number of nitrogens with zero attached hydrogens (tertiary/aromatic N) is 1. The Morgan fingerprint density at radius 2 is 2.11 bits per heavy atom. The van der Waals surface area contributed by atoms with Crippen molar-refractivity contribution in [3.63, 3.8) is 0 Å². The molecule has 0 spiro atoms. The average molecular weight is 393 g/mol. The van der Waals surface area contributed by atoms with Crippen LogP contribution in [0.15, 0.2) is 18.2 Å². The van der Waals surface area contributed by atoms with Gasteiger partial charge in [0.05, 0.1) is 11.7 Å². The molecular weight excluding hydrogens is 362 g/mol. The number of hydrogen-bond acceptors (Lipinski definition) is 6. The number of amides is 2. The third-order valence-electron chi connectivity index (χ3n) is 4.78. The number of fused-ring (bicyclic) bond motifs is 1. The molecule has 0 aliphatic carbocycles. The van der Waals surface area contributed by atoms with Gasteiger partial charge in [0.15, 0.2) is 0 Å². The van der Waals surface area contributed by atoms with E-state index in [1.165, 1.54) is 7.11 Å². The summed E-state index contributed by atoms with van der Waals surface area (Å²) in [5.74, 6) is 0.232. The molecule has 0 unspecified atom stereocenters. The summed E-state index contributed by atoms with van der Waals surface area (Å²) in [4.78, 5) is 26.5. The molecular formula is C20H31N3O5. The van der Waals surface area contributed by atoms with Crippen molar-refractivity contribution in [2.45, 2.75) is 26.0 Å². The third kappa shape index (κ3) is 5.92. The molecule has 28 heavy (non-hydrogen) atoms. The molecule has 1 aromatic carbocycles. The number of methoxy groups -OCH3 is 2. The number of ether oxygens (including phenoxy) is 3. The zero-order valence-electron chi connectivity index (χ0n) is 17.3. The summed E-state index contributed by atoms with van der Waals surface area (Å²) < 4.78 is 16.4. The van der Waals surface area contributed by atoms with Gasteiger partial charge < -0.3 is 29.7 Å². The second-order valence-electron chi connectivity index (χ2n) is 7.25. The lowest BCUT2D eigenvalue weighted by atomic mass is 10.0. The molecule has 1 aliphatic heterocycles. The van der Waals surface area contributed by atoms with Crippen LogP contribution < -0.4 is 15.4 Å². The monoisotopic (exact) mass is 393 g/mol. The van der Waals surface area contributed by atoms with Crippen molar-refractivity contribution in [2.24, 2.45) is 5.92 Å². The molecule has 8 nitrogen and oxygen atoms in total. The zero-order valence-corrected chi connectivity index (χ0v) is 17.3. The Kier molecular flexibility index (Phi) is 8.22. The topological polar surface area (TPSA) is 89.1 Å². The van der Waals surface area contributed by atoms with E-state index in [1.807, 2.05) is 6.92 Å². The molecule has 156 valence electrons. The maximum atomic E-state index is 13.1. The Bertz CT molecular complexity index is 682. The highest BCUT2D eigenvalue weighted by molar-refractivity contribution is 5.99. The fourth-order valence-electron chi connectivity index (χ4n) is 3.07. The van der Waals surface area contributed by atoms with Gasteiger partial charge in [0.2, 0.25) is 5.91 Å². The number of benzene rings is 1. The lowest BCUT2D eigenvalue weighted by molar-refractivity contribution is -0.119. The highest BCUT2D eigenvalue weighted by atomic mass is 16.5. The summed E-state index contributed by atoms with van der Waals surface area (Å²) in [5.41, 5.74) is 0.911. The molecule has 8 heteroatoms. The summed E-state index contributed by atoms with van der Waals surface area (Å²) in [6, 6.07) is 5.17. The first-order valence-corrected chi connectivity index (χ1v) is 9.43. The molecule has 1 heterocycles. The smallest absolute Gasteiger partial charge is 0.257 e. The molecule has 0 fully saturated rings. The van der Waals surface area contributed by atoms with Gasteiger partial charge in [-0.1, -0.05) is 6.92 Å². The van der Waals surface area contributed by atoms with Gasteiger partial charge in [0.25, 0.3) is 5.91 Å². The number of rotatable bonds is 4. The van der Waals surface area contributed by atoms with Crippen molar-refractivity contribution in [1.82, 2.24) is 10.2 Å². The first-order chi connectivity index (χ1) is 13.3. The normalized spacial score (nSPS) is 23.8. The molecule has 2 N–H and O–H groups in total. The maximum absolute atomic E-state index is 13.1. The van der Waals surface area contributed by atoms with Crippen LogP contribution in [0, 0.1) is 5.92 Å². The fraction of sp³-hybridized carbons (Fsp3) is 0.600. The Hall–Kier alpha value is -2.16. The Balaban J connectivity index is 2.33. The van der Waals surface area contributed by atoms with E-state index in [0.717, 1.165) is 6.54 Å². The summed E-state index contributed by atoms with van der Waals surface area (Å²) in [6.07, 6.45) is -0.0953. The lowest BCUT2D eigenvalue weighted by Crippen LogP contribution is -2.44. The molecule has 0 saturated heterocycles. The molecule has 2 amide bonds. The van der Waals surface area contributed by atoms with E-state index >= 15 is 0 Å². The molecule has 1 aromatic rings. The zero-order chi connectivity index (χ0) is 20.7. The predicted molar refractivity (Wildman–Crippen MR) is 107 cm³/mol. The number of likely N-dealkylation sites (N-methyl/N-ethyl adjacent to an activating group) is 1. The first-order valence-electron chi connectivity index (χ1n) is 9.43. The highest BCUT2D eigenvalue weighted by Gasteiger charge is 2.25. The van der Waals surface area contributed by atoms with Crippen LogP contribution in [0.5, 0.6) is 5.75 Å². The van der Waals surface area contributed by atoms with Crippen LogP contribution in [0.1, 0.15) is 24.2 Å². The molecule has 0 bridgehead atoms. The number of hydrogen-bond donors (Lipinski definition) is 2. The van der Waals surface area contributed by atoms with Gasteiger partial charge in [-0.3, -0.25) is 9.59 Å². The molecule has 1 aliphatic rings. The van der Waals surface area contributed by atoms with Crippen LogP contribution in [0.4, 0.5) is 5.69 Å². The van der Waals surface area contributed by atoms with E-state index in [4.69, 9.17) is 14.2 Å². The van der Waals surface area contributed by atoms with Crippen LogP contribution in [0.3, 0.4) is 0 Å². The van der Waals surface area contributed by atoms with E-state index in [1.54, 1.807) is 37.3 Å². The molecule has 0 radical (unpaired) electrons. The minimum Gasteiger partial charge on any atom is -0.491 e. The molecule has 3 atom stereocenters. The van der Waals surface area contributed by atoms with Gasteiger partial charge in [-0.05, 0) is 31.0 Å². The Morgan fingerprint density at radius 3 is 2.79 bits per heavy atom. The van der Waals surface area contributed by atoms with Gasteiger partial charge in [-0.2, -0.15) is 0 Å². The number of carbonyl (C=O) groups is 2. The number of carbonyl (C=O) groups excluding carboxylic acids is 2. The van der Waals surface area contributed by atoms with Crippen LogP contribution >= 0.6 is 0 Å². The van der Waals surface area contributed by atoms with Gasteiger partial charge in [0.1, 0.15) is 19.0 Å². The number of anilines is 1. The third-order valence-corrected chi connectivity index (χ3v) is 4.78. The van der Waals surface area contributed by atoms with E-state index in [0.29, 0.717) is 30.2 Å². The minimum absolute atomic E-state index is 0.0575. The van der Waals surface area contributed by atoms with Crippen molar-refractivity contribution in [3.05, 3.63) is 23.8 Å². The van der Waals surface area contributed by atoms with E-state index in [2.05, 4.69) is 17.6 Å². The molecule has 0 aromatic heterocycles. The van der Waals surface area contributed by atoms with Crippen molar-refractivity contribution < 1.29 is 23.8 Å². The summed E-state index contributed by atoms with van der Waals surface area (Å²) in [6.45, 7) is 5.71. The standard InChI is InChI=1S/C20H31N3O5/c1-13-9-21-14(2)11-28-17-7-6-15(22-19(24)12-26-4)8-16(17)20(25)23(3)10-18(13)27-5/h6-8,13-14,18,21H,9-12H2,1-5H3,(H,22,24)/t13-,14-,18-/m0/s1.